The molecule has 2 aliphatic rings. The summed E-state index contributed by atoms with van der Waals surface area (Å²) in [5.74, 6) is -1.68. The van der Waals surface area contributed by atoms with E-state index in [4.69, 9.17) is 47.0 Å². The maximum atomic E-state index is 11.5. The van der Waals surface area contributed by atoms with Gasteiger partial charge in [0, 0.05) is 4.86 Å². The van der Waals surface area contributed by atoms with Crippen LogP contribution in [0.3, 0.4) is 0 Å². The van der Waals surface area contributed by atoms with E-state index in [2.05, 4.69) is 5.32 Å². The van der Waals surface area contributed by atoms with Crippen LogP contribution < -0.4 is 5.32 Å². The fourth-order valence-corrected chi connectivity index (χ4v) is 2.76. The molecule has 0 aromatic heterocycles. The second kappa shape index (κ2) is 3.81. The number of thiocarbonyl (C=S) groups is 1. The number of alkyl halides is 3. The molecule has 0 spiro atoms. The van der Waals surface area contributed by atoms with E-state index in [0.717, 1.165) is 0 Å². The van der Waals surface area contributed by atoms with Gasteiger partial charge < -0.3 is 0 Å². The summed E-state index contributed by atoms with van der Waals surface area (Å²) in [6.45, 7) is 0. The number of carbonyl (C=O) groups excluding carboxylic acids is 2. The first-order valence-electron chi connectivity index (χ1n) is 4.21. The molecule has 1 unspecified atom stereocenters. The molecule has 0 aromatic carbocycles. The van der Waals surface area contributed by atoms with Crippen molar-refractivity contribution in [2.75, 3.05) is 0 Å². The highest BCUT2D eigenvalue weighted by Gasteiger charge is 2.43. The summed E-state index contributed by atoms with van der Waals surface area (Å²) in [7, 11) is 0. The Bertz CT molecular complexity index is 476. The molecule has 1 aliphatic carbocycles. The molecule has 1 aliphatic heterocycles. The zero-order valence-corrected chi connectivity index (χ0v) is 10.7. The van der Waals surface area contributed by atoms with Crippen LogP contribution in [0.5, 0.6) is 0 Å². The topological polar surface area (TPSA) is 46.2 Å². The van der Waals surface area contributed by atoms with Crippen LogP contribution in [0.2, 0.25) is 0 Å². The van der Waals surface area contributed by atoms with Crippen molar-refractivity contribution < 1.29 is 9.59 Å². The third kappa shape index (κ3) is 1.80. The number of rotatable bonds is 0. The van der Waals surface area contributed by atoms with E-state index in [1.807, 2.05) is 0 Å². The molecule has 0 radical (unpaired) electrons. The van der Waals surface area contributed by atoms with Crippen molar-refractivity contribution in [3.63, 3.8) is 0 Å². The largest absolute Gasteiger partial charge is 0.288 e. The van der Waals surface area contributed by atoms with Crippen molar-refractivity contribution in [2.24, 2.45) is 5.92 Å². The van der Waals surface area contributed by atoms with E-state index >= 15 is 0 Å². The van der Waals surface area contributed by atoms with E-state index in [1.54, 1.807) is 0 Å². The molecule has 7 heteroatoms. The van der Waals surface area contributed by atoms with Crippen LogP contribution in [-0.4, -0.2) is 20.5 Å². The van der Waals surface area contributed by atoms with Crippen molar-refractivity contribution in [3.8, 4) is 0 Å². The Morgan fingerprint density at radius 2 is 1.88 bits per heavy atom. The van der Waals surface area contributed by atoms with Crippen molar-refractivity contribution in [3.05, 3.63) is 23.3 Å². The highest BCUT2D eigenvalue weighted by Crippen LogP contribution is 2.41. The molecule has 3 nitrogen and oxygen atoms in total. The van der Waals surface area contributed by atoms with Crippen LogP contribution in [0.25, 0.3) is 0 Å². The third-order valence-electron chi connectivity index (χ3n) is 2.30. The maximum absolute atomic E-state index is 11.5. The predicted molar refractivity (Wildman–Crippen MR) is 65.7 cm³/mol. The SMILES string of the molecule is O=C1NC(=O)C2=C1C=CC(C(Cl)(Cl)Cl)C2=S. The molecule has 0 saturated heterocycles. The van der Waals surface area contributed by atoms with Crippen LogP contribution in [0.15, 0.2) is 23.3 Å². The summed E-state index contributed by atoms with van der Waals surface area (Å²) in [6, 6.07) is 0. The first-order chi connectivity index (χ1) is 7.32. The van der Waals surface area contributed by atoms with Crippen LogP contribution in [0.4, 0.5) is 0 Å². The zero-order valence-electron chi connectivity index (χ0n) is 7.59. The minimum absolute atomic E-state index is 0.138. The Hall–Kier alpha value is -0.420. The molecule has 1 heterocycles. The lowest BCUT2D eigenvalue weighted by molar-refractivity contribution is -0.123. The van der Waals surface area contributed by atoms with E-state index in [0.29, 0.717) is 0 Å². The van der Waals surface area contributed by atoms with E-state index in [1.165, 1.54) is 12.2 Å². The fraction of sp³-hybridized carbons (Fsp3) is 0.222. The second-order valence-electron chi connectivity index (χ2n) is 3.31. The summed E-state index contributed by atoms with van der Waals surface area (Å²) in [4.78, 5) is 23.0. The van der Waals surface area contributed by atoms with Gasteiger partial charge in [0.05, 0.1) is 17.1 Å². The number of carbonyl (C=O) groups is 2. The number of imide groups is 1. The van der Waals surface area contributed by atoms with Crippen molar-refractivity contribution in [1.29, 1.82) is 0 Å². The van der Waals surface area contributed by atoms with Gasteiger partial charge in [-0.15, -0.1) is 0 Å². The van der Waals surface area contributed by atoms with Gasteiger partial charge in [0.25, 0.3) is 11.8 Å². The number of nitrogens with one attached hydrogen (secondary N) is 1. The number of hydrogen-bond donors (Lipinski definition) is 1. The molecule has 84 valence electrons. The lowest BCUT2D eigenvalue weighted by Gasteiger charge is -2.24. The highest BCUT2D eigenvalue weighted by molar-refractivity contribution is 7.81. The fourth-order valence-electron chi connectivity index (χ4n) is 1.57. The van der Waals surface area contributed by atoms with E-state index < -0.39 is 21.5 Å². The van der Waals surface area contributed by atoms with Gasteiger partial charge >= 0.3 is 0 Å². The molecule has 16 heavy (non-hydrogen) atoms. The third-order valence-corrected chi connectivity index (χ3v) is 3.47. The Labute approximate surface area is 111 Å². The molecule has 0 saturated carbocycles. The summed E-state index contributed by atoms with van der Waals surface area (Å²) < 4.78 is -1.63. The molecule has 2 rings (SSSR count). The van der Waals surface area contributed by atoms with E-state index in [9.17, 15) is 9.59 Å². The average molecular weight is 297 g/mol. The Balaban J connectivity index is 2.46. The highest BCUT2D eigenvalue weighted by atomic mass is 35.6. The smallest absolute Gasteiger partial charge is 0.260 e. The molecule has 2 amide bonds. The molecule has 0 bridgehead atoms. The van der Waals surface area contributed by atoms with Gasteiger partial charge in [-0.3, -0.25) is 14.9 Å². The number of allylic oxidation sites excluding steroid dienone is 1. The lowest BCUT2D eigenvalue weighted by atomic mass is 9.91. The number of hydrogen-bond acceptors (Lipinski definition) is 3. The zero-order chi connectivity index (χ0) is 12.1. The Morgan fingerprint density at radius 1 is 1.25 bits per heavy atom. The van der Waals surface area contributed by atoms with Crippen LogP contribution >= 0.6 is 47.0 Å². The summed E-state index contributed by atoms with van der Waals surface area (Å²) in [6.07, 6.45) is 2.98. The Kier molecular flexibility index (Phi) is 2.87. The number of amides is 2. The minimum Gasteiger partial charge on any atom is -0.288 e. The van der Waals surface area contributed by atoms with Crippen LogP contribution in [-0.2, 0) is 9.59 Å². The maximum Gasteiger partial charge on any atom is 0.260 e. The van der Waals surface area contributed by atoms with Gasteiger partial charge in [-0.1, -0.05) is 59.2 Å². The monoisotopic (exact) mass is 295 g/mol. The Morgan fingerprint density at radius 3 is 2.44 bits per heavy atom. The molecule has 1 atom stereocenters. The van der Waals surface area contributed by atoms with E-state index in [-0.39, 0.29) is 16.0 Å². The molecule has 1 N–H and O–H groups in total. The van der Waals surface area contributed by atoms with Crippen LogP contribution in [0.1, 0.15) is 0 Å². The first kappa shape index (κ1) is 12.0. The molecular weight excluding hydrogens is 293 g/mol. The van der Waals surface area contributed by atoms with Crippen molar-refractivity contribution >= 4 is 63.7 Å². The summed E-state index contributed by atoms with van der Waals surface area (Å²) >= 11 is 22.3. The van der Waals surface area contributed by atoms with Crippen LogP contribution in [0, 0.1) is 5.92 Å². The first-order valence-corrected chi connectivity index (χ1v) is 5.75. The standard InChI is InChI=1S/C9H4Cl3NO2S/c10-9(11,12)4-2-1-3-5(6(4)16)8(15)13-7(3)14/h1-2,4H,(H,13,14,15). The quantitative estimate of drug-likeness (QED) is 0.422. The normalized spacial score (nSPS) is 24.9. The van der Waals surface area contributed by atoms with Crippen molar-refractivity contribution in [2.45, 2.75) is 3.79 Å². The minimum atomic E-state index is -1.63. The van der Waals surface area contributed by atoms with Crippen molar-refractivity contribution in [1.82, 2.24) is 5.32 Å². The molecular formula is C9H4Cl3NO2S. The molecule has 0 fully saturated rings. The van der Waals surface area contributed by atoms with Gasteiger partial charge in [0.15, 0.2) is 0 Å². The number of halogens is 3. The summed E-state index contributed by atoms with van der Waals surface area (Å²) in [5, 5.41) is 2.14. The van der Waals surface area contributed by atoms with Gasteiger partial charge in [0.1, 0.15) is 0 Å². The van der Waals surface area contributed by atoms with Gasteiger partial charge in [-0.2, -0.15) is 0 Å². The average Bonchev–Trinajstić information content (AvgIpc) is 2.41. The second-order valence-corrected chi connectivity index (χ2v) is 6.12. The van der Waals surface area contributed by atoms with Gasteiger partial charge in [0.2, 0.25) is 3.79 Å². The predicted octanol–water partition coefficient (Wildman–Crippen LogP) is 1.87. The summed E-state index contributed by atoms with van der Waals surface area (Å²) in [5.41, 5.74) is 0.374. The van der Waals surface area contributed by atoms with Gasteiger partial charge in [-0.25, -0.2) is 0 Å². The molecule has 0 aromatic rings. The van der Waals surface area contributed by atoms with Gasteiger partial charge in [-0.05, 0) is 0 Å². The lowest BCUT2D eigenvalue weighted by Crippen LogP contribution is -2.31.